The maximum atomic E-state index is 10.7. The molecule has 2 nitrogen and oxygen atoms in total. The second-order valence-electron chi connectivity index (χ2n) is 5.54. The van der Waals surface area contributed by atoms with Gasteiger partial charge in [-0.1, -0.05) is 25.1 Å². The molecule has 0 radical (unpaired) electrons. The van der Waals surface area contributed by atoms with Crippen LogP contribution in [0.1, 0.15) is 32.3 Å². The van der Waals surface area contributed by atoms with Crippen molar-refractivity contribution in [1.82, 2.24) is 4.98 Å². The van der Waals surface area contributed by atoms with Gasteiger partial charge in [-0.2, -0.15) is 0 Å². The number of pyridine rings is 1. The Kier molecular flexibility index (Phi) is 2.08. The van der Waals surface area contributed by atoms with E-state index >= 15 is 0 Å². The summed E-state index contributed by atoms with van der Waals surface area (Å²) in [5.41, 5.74) is 1.21. The van der Waals surface area contributed by atoms with E-state index in [4.69, 9.17) is 0 Å². The van der Waals surface area contributed by atoms with Crippen LogP contribution in [0, 0.1) is 5.41 Å². The number of rotatable bonds is 2. The molecule has 0 bridgehead atoms. The first-order valence-electron chi connectivity index (χ1n) is 6.11. The summed E-state index contributed by atoms with van der Waals surface area (Å²) < 4.78 is 0. The van der Waals surface area contributed by atoms with Crippen molar-refractivity contribution >= 4 is 10.9 Å². The molecule has 2 aromatic rings. The molecule has 1 unspecified atom stereocenters. The topological polar surface area (TPSA) is 33.1 Å². The van der Waals surface area contributed by atoms with E-state index in [1.165, 1.54) is 0 Å². The van der Waals surface area contributed by atoms with E-state index in [0.29, 0.717) is 0 Å². The van der Waals surface area contributed by atoms with E-state index in [9.17, 15) is 5.11 Å². The molecule has 0 spiro atoms. The molecule has 1 aromatic heterocycles. The molecule has 0 amide bonds. The van der Waals surface area contributed by atoms with Crippen molar-refractivity contribution in [2.24, 2.45) is 5.41 Å². The average Bonchev–Trinajstić information content (AvgIpc) is 3.08. The van der Waals surface area contributed by atoms with Crippen molar-refractivity contribution < 1.29 is 5.11 Å². The van der Waals surface area contributed by atoms with Gasteiger partial charge in [0.15, 0.2) is 0 Å². The molecule has 1 aromatic carbocycles. The fourth-order valence-electron chi connectivity index (χ4n) is 2.39. The Morgan fingerprint density at radius 3 is 2.76 bits per heavy atom. The first kappa shape index (κ1) is 10.7. The van der Waals surface area contributed by atoms with E-state index in [2.05, 4.69) is 11.9 Å². The molecule has 1 fully saturated rings. The van der Waals surface area contributed by atoms with Crippen molar-refractivity contribution in [3.05, 3.63) is 42.1 Å². The lowest BCUT2D eigenvalue weighted by molar-refractivity contribution is -0.0125. The molecular formula is C15H17NO. The first-order valence-corrected chi connectivity index (χ1v) is 6.11. The first-order chi connectivity index (χ1) is 8.03. The summed E-state index contributed by atoms with van der Waals surface area (Å²) >= 11 is 0. The summed E-state index contributed by atoms with van der Waals surface area (Å²) in [6.07, 6.45) is 3.99. The van der Waals surface area contributed by atoms with Gasteiger partial charge in [-0.15, -0.1) is 0 Å². The quantitative estimate of drug-likeness (QED) is 0.854. The lowest BCUT2D eigenvalue weighted by Crippen LogP contribution is -2.31. The molecule has 1 aliphatic rings. The summed E-state index contributed by atoms with van der Waals surface area (Å²) in [4.78, 5) is 4.35. The third kappa shape index (κ3) is 1.55. The van der Waals surface area contributed by atoms with Crippen LogP contribution in [0.2, 0.25) is 0 Å². The van der Waals surface area contributed by atoms with Gasteiger partial charge in [-0.25, -0.2) is 0 Å². The smallest absolute Gasteiger partial charge is 0.0922 e. The molecular weight excluding hydrogens is 210 g/mol. The van der Waals surface area contributed by atoms with Crippen molar-refractivity contribution in [3.63, 3.8) is 0 Å². The number of benzene rings is 1. The van der Waals surface area contributed by atoms with Crippen LogP contribution >= 0.6 is 0 Å². The lowest BCUT2D eigenvalue weighted by atomic mass is 9.81. The Morgan fingerprint density at radius 2 is 2.06 bits per heavy atom. The number of nitrogens with zero attached hydrogens (tertiary/aromatic N) is 1. The molecule has 88 valence electrons. The normalized spacial score (nSPS) is 21.1. The molecule has 1 aliphatic carbocycles. The van der Waals surface area contributed by atoms with Crippen LogP contribution in [0.3, 0.4) is 0 Å². The van der Waals surface area contributed by atoms with E-state index in [1.54, 1.807) is 6.20 Å². The summed E-state index contributed by atoms with van der Waals surface area (Å²) in [5, 5.41) is 11.8. The number of fused-ring (bicyclic) bond motifs is 1. The van der Waals surface area contributed by atoms with Crippen LogP contribution in [-0.2, 0) is 5.60 Å². The third-order valence-corrected chi connectivity index (χ3v) is 4.34. The molecule has 3 rings (SSSR count). The lowest BCUT2D eigenvalue weighted by Gasteiger charge is -2.31. The zero-order valence-electron chi connectivity index (χ0n) is 10.3. The van der Waals surface area contributed by atoms with Crippen LogP contribution < -0.4 is 0 Å². The Hall–Kier alpha value is -1.41. The summed E-state index contributed by atoms with van der Waals surface area (Å²) in [7, 11) is 0. The Morgan fingerprint density at radius 1 is 1.29 bits per heavy atom. The zero-order valence-corrected chi connectivity index (χ0v) is 10.3. The number of aromatic nitrogens is 1. The van der Waals surface area contributed by atoms with Gasteiger partial charge in [0, 0.05) is 17.0 Å². The summed E-state index contributed by atoms with van der Waals surface area (Å²) in [6, 6.07) is 10.0. The predicted molar refractivity (Wildman–Crippen MR) is 68.7 cm³/mol. The SMILES string of the molecule is CC1(C(C)(O)c2ccc3cccnc3c2)CC1. The minimum Gasteiger partial charge on any atom is -0.385 e. The highest BCUT2D eigenvalue weighted by molar-refractivity contribution is 5.79. The molecule has 1 atom stereocenters. The molecule has 1 saturated carbocycles. The van der Waals surface area contributed by atoms with Crippen molar-refractivity contribution in [2.45, 2.75) is 32.3 Å². The largest absolute Gasteiger partial charge is 0.385 e. The van der Waals surface area contributed by atoms with Gasteiger partial charge in [0.25, 0.3) is 0 Å². The average molecular weight is 227 g/mol. The maximum Gasteiger partial charge on any atom is 0.0922 e. The Bertz CT molecular complexity index is 570. The van der Waals surface area contributed by atoms with Gasteiger partial charge < -0.3 is 5.11 Å². The molecule has 0 aliphatic heterocycles. The third-order valence-electron chi connectivity index (χ3n) is 4.34. The summed E-state index contributed by atoms with van der Waals surface area (Å²) in [6.45, 7) is 4.07. The zero-order chi connectivity index (χ0) is 12.1. The van der Waals surface area contributed by atoms with Crippen molar-refractivity contribution in [2.75, 3.05) is 0 Å². The van der Waals surface area contributed by atoms with Crippen LogP contribution in [0.15, 0.2) is 36.5 Å². The Labute approximate surface area is 101 Å². The minimum absolute atomic E-state index is 0.0372. The highest BCUT2D eigenvalue weighted by Gasteiger charge is 2.53. The van der Waals surface area contributed by atoms with Gasteiger partial charge >= 0.3 is 0 Å². The van der Waals surface area contributed by atoms with E-state index in [1.807, 2.05) is 37.3 Å². The van der Waals surface area contributed by atoms with E-state index in [0.717, 1.165) is 29.3 Å². The number of hydrogen-bond acceptors (Lipinski definition) is 2. The van der Waals surface area contributed by atoms with Crippen LogP contribution in [-0.4, -0.2) is 10.1 Å². The van der Waals surface area contributed by atoms with Gasteiger partial charge in [0.05, 0.1) is 11.1 Å². The standard InChI is InChI=1S/C15H17NO/c1-14(7-8-14)15(2,17)12-6-5-11-4-3-9-16-13(11)10-12/h3-6,9-10,17H,7-8H2,1-2H3. The highest BCUT2D eigenvalue weighted by Crippen LogP contribution is 2.57. The number of aliphatic hydroxyl groups is 1. The fourth-order valence-corrected chi connectivity index (χ4v) is 2.39. The second-order valence-corrected chi connectivity index (χ2v) is 5.54. The maximum absolute atomic E-state index is 10.7. The van der Waals surface area contributed by atoms with Crippen molar-refractivity contribution in [1.29, 1.82) is 0 Å². The molecule has 1 heterocycles. The van der Waals surface area contributed by atoms with E-state index < -0.39 is 5.60 Å². The monoisotopic (exact) mass is 227 g/mol. The predicted octanol–water partition coefficient (Wildman–Crippen LogP) is 3.24. The molecule has 2 heteroatoms. The fraction of sp³-hybridized carbons (Fsp3) is 0.400. The highest BCUT2D eigenvalue weighted by atomic mass is 16.3. The van der Waals surface area contributed by atoms with Gasteiger partial charge in [-0.05, 0) is 37.5 Å². The van der Waals surface area contributed by atoms with E-state index in [-0.39, 0.29) is 5.41 Å². The molecule has 0 saturated heterocycles. The van der Waals surface area contributed by atoms with Crippen LogP contribution in [0.5, 0.6) is 0 Å². The number of hydrogen-bond donors (Lipinski definition) is 1. The summed E-state index contributed by atoms with van der Waals surface area (Å²) in [5.74, 6) is 0. The second kappa shape index (κ2) is 3.30. The minimum atomic E-state index is -0.751. The van der Waals surface area contributed by atoms with Crippen LogP contribution in [0.4, 0.5) is 0 Å². The molecule has 1 N–H and O–H groups in total. The van der Waals surface area contributed by atoms with Crippen molar-refractivity contribution in [3.8, 4) is 0 Å². The van der Waals surface area contributed by atoms with Gasteiger partial charge in [0.2, 0.25) is 0 Å². The van der Waals surface area contributed by atoms with Gasteiger partial charge in [-0.3, -0.25) is 4.98 Å². The van der Waals surface area contributed by atoms with Gasteiger partial charge in [0.1, 0.15) is 0 Å². The van der Waals surface area contributed by atoms with Crippen LogP contribution in [0.25, 0.3) is 10.9 Å². The molecule has 17 heavy (non-hydrogen) atoms. The Balaban J connectivity index is 2.12.